The molecule has 3 N–H and O–H groups in total. The maximum absolute atomic E-state index is 10.7. The number of hydrogen-bond acceptors (Lipinski definition) is 6. The fourth-order valence-corrected chi connectivity index (χ4v) is 2.01. The first-order valence-corrected chi connectivity index (χ1v) is 11.4. The molecule has 0 fully saturated rings. The number of nitriles is 1. The second-order valence-corrected chi connectivity index (χ2v) is 7.77. The summed E-state index contributed by atoms with van der Waals surface area (Å²) in [4.78, 5) is 20.5. The Kier molecular flexibility index (Phi) is 25.3. The molecule has 0 heterocycles. The van der Waals surface area contributed by atoms with E-state index in [4.69, 9.17) is 11.0 Å². The third-order valence-corrected chi connectivity index (χ3v) is 3.89. The number of carbonyl (C=O) groups excluding carboxylic acids is 2. The number of nitrogens with one attached hydrogen (secondary N) is 1. The van der Waals surface area contributed by atoms with Crippen LogP contribution in [0.5, 0.6) is 0 Å². The van der Waals surface area contributed by atoms with Crippen LogP contribution in [0.2, 0.25) is 0 Å². The zero-order chi connectivity index (χ0) is 23.9. The minimum atomic E-state index is -0.211. The Morgan fingerprint density at radius 3 is 1.93 bits per heavy atom. The number of amides is 1. The molecule has 0 radical (unpaired) electrons. The van der Waals surface area contributed by atoms with Gasteiger partial charge in [0.1, 0.15) is 0 Å². The van der Waals surface area contributed by atoms with E-state index in [0.29, 0.717) is 12.4 Å². The summed E-state index contributed by atoms with van der Waals surface area (Å²) in [5.74, 6) is 1.73. The minimum absolute atomic E-state index is 0.143. The summed E-state index contributed by atoms with van der Waals surface area (Å²) in [6.07, 6.45) is 0. The van der Waals surface area contributed by atoms with Crippen molar-refractivity contribution in [3.05, 3.63) is 35.4 Å². The molecular formula is C23H41N3O3S. The van der Waals surface area contributed by atoms with E-state index in [1.165, 1.54) is 18.1 Å². The van der Waals surface area contributed by atoms with Gasteiger partial charge in [0.15, 0.2) is 0 Å². The zero-order valence-electron chi connectivity index (χ0n) is 20.0. The van der Waals surface area contributed by atoms with Crippen molar-refractivity contribution in [1.29, 1.82) is 5.26 Å². The number of rotatable bonds is 6. The fourth-order valence-electron chi connectivity index (χ4n) is 1.52. The summed E-state index contributed by atoms with van der Waals surface area (Å²) in [7, 11) is 0. The molecular weight excluding hydrogens is 398 g/mol. The van der Waals surface area contributed by atoms with Gasteiger partial charge >= 0.3 is 5.97 Å². The largest absolute Gasteiger partial charge is 0.466 e. The standard InChI is InChI=1S/C9H13N.C6H13NOS.C4H7N.C4H8O2/c1-7-3-5-9(6-4-7)8(2)10;1-3-7-6(8)5-9-4-2;1-4(2)3-5;1-3-6-4(2)5/h3-6,8H,10H2,1-2H3;3-5H2,1-2H3,(H,7,8);4H,1-2H3;3H2,1-2H3. The molecule has 1 rings (SSSR count). The molecule has 0 aliphatic carbocycles. The summed E-state index contributed by atoms with van der Waals surface area (Å²) in [5.41, 5.74) is 8.15. The van der Waals surface area contributed by atoms with Gasteiger partial charge in [-0.15, -0.1) is 0 Å². The number of thioether (sulfide) groups is 1. The van der Waals surface area contributed by atoms with E-state index in [1.54, 1.807) is 18.7 Å². The van der Waals surface area contributed by atoms with Crippen molar-refractivity contribution in [3.63, 3.8) is 0 Å². The van der Waals surface area contributed by atoms with Crippen molar-refractivity contribution in [1.82, 2.24) is 5.32 Å². The summed E-state index contributed by atoms with van der Waals surface area (Å²) in [5, 5.41) is 10.6. The molecule has 172 valence electrons. The van der Waals surface area contributed by atoms with Crippen molar-refractivity contribution < 1.29 is 14.3 Å². The molecule has 0 spiro atoms. The average Bonchev–Trinajstić information content (AvgIpc) is 2.68. The number of esters is 1. The van der Waals surface area contributed by atoms with Crippen LogP contribution >= 0.6 is 11.8 Å². The lowest BCUT2D eigenvalue weighted by Crippen LogP contribution is -2.24. The summed E-state index contributed by atoms with van der Waals surface area (Å²) < 4.78 is 4.40. The quantitative estimate of drug-likeness (QED) is 0.626. The van der Waals surface area contributed by atoms with E-state index in [2.05, 4.69) is 41.2 Å². The van der Waals surface area contributed by atoms with Crippen LogP contribution in [0, 0.1) is 24.2 Å². The van der Waals surface area contributed by atoms with Gasteiger partial charge in [-0.25, -0.2) is 0 Å². The van der Waals surface area contributed by atoms with Crippen LogP contribution in [0.15, 0.2) is 24.3 Å². The monoisotopic (exact) mass is 439 g/mol. The highest BCUT2D eigenvalue weighted by molar-refractivity contribution is 7.99. The van der Waals surface area contributed by atoms with Crippen molar-refractivity contribution in [2.75, 3.05) is 24.7 Å². The molecule has 1 aromatic rings. The Balaban J connectivity index is -0.000000337. The molecule has 0 saturated heterocycles. The predicted molar refractivity (Wildman–Crippen MR) is 128 cm³/mol. The van der Waals surface area contributed by atoms with E-state index in [-0.39, 0.29) is 23.8 Å². The topological polar surface area (TPSA) is 105 Å². The SMILES string of the molecule is CC(C)C#N.CCNC(=O)CSCC.CCOC(C)=O.Cc1ccc(C(C)N)cc1. The molecule has 0 saturated carbocycles. The van der Waals surface area contributed by atoms with Crippen LogP contribution in [-0.2, 0) is 14.3 Å². The molecule has 1 amide bonds. The Hall–Kier alpha value is -2.04. The van der Waals surface area contributed by atoms with Crippen molar-refractivity contribution in [3.8, 4) is 6.07 Å². The van der Waals surface area contributed by atoms with E-state index < -0.39 is 0 Å². The first-order chi connectivity index (χ1) is 14.0. The molecule has 1 unspecified atom stereocenters. The zero-order valence-corrected chi connectivity index (χ0v) is 20.8. The van der Waals surface area contributed by atoms with Crippen LogP contribution in [0.1, 0.15) is 65.6 Å². The highest BCUT2D eigenvalue weighted by Gasteiger charge is 1.96. The van der Waals surface area contributed by atoms with Gasteiger partial charge in [-0.1, -0.05) is 36.8 Å². The van der Waals surface area contributed by atoms with Crippen LogP contribution in [-0.4, -0.2) is 36.5 Å². The summed E-state index contributed by atoms with van der Waals surface area (Å²) in [6.45, 7) is 16.2. The van der Waals surface area contributed by atoms with E-state index in [9.17, 15) is 9.59 Å². The van der Waals surface area contributed by atoms with Gasteiger partial charge in [0.25, 0.3) is 0 Å². The first-order valence-electron chi connectivity index (χ1n) is 10.2. The molecule has 6 nitrogen and oxygen atoms in total. The number of benzene rings is 1. The van der Waals surface area contributed by atoms with Gasteiger partial charge in [-0.05, 0) is 52.9 Å². The molecule has 0 aliphatic rings. The third-order valence-electron chi connectivity index (χ3n) is 3.02. The van der Waals surface area contributed by atoms with Gasteiger partial charge < -0.3 is 15.8 Å². The molecule has 0 bridgehead atoms. The van der Waals surface area contributed by atoms with Gasteiger partial charge in [0.2, 0.25) is 5.91 Å². The Bertz CT molecular complexity index is 582. The van der Waals surface area contributed by atoms with Crippen LogP contribution in [0.4, 0.5) is 0 Å². The second-order valence-electron chi connectivity index (χ2n) is 6.50. The van der Waals surface area contributed by atoms with Gasteiger partial charge in [-0.2, -0.15) is 17.0 Å². The highest BCUT2D eigenvalue weighted by Crippen LogP contribution is 2.09. The maximum Gasteiger partial charge on any atom is 0.302 e. The molecule has 30 heavy (non-hydrogen) atoms. The third kappa shape index (κ3) is 28.2. The average molecular weight is 440 g/mol. The maximum atomic E-state index is 10.7. The lowest BCUT2D eigenvalue weighted by Gasteiger charge is -2.03. The summed E-state index contributed by atoms with van der Waals surface area (Å²) >= 11 is 1.64. The molecule has 0 aliphatic heterocycles. The number of ether oxygens (including phenoxy) is 1. The molecule has 1 aromatic carbocycles. The van der Waals surface area contributed by atoms with Gasteiger partial charge in [0.05, 0.1) is 18.4 Å². The first kappa shape index (κ1) is 32.6. The number of carbonyl (C=O) groups is 2. The van der Waals surface area contributed by atoms with Crippen molar-refractivity contribution >= 4 is 23.6 Å². The van der Waals surface area contributed by atoms with E-state index >= 15 is 0 Å². The Morgan fingerprint density at radius 1 is 1.17 bits per heavy atom. The number of nitrogens with zero attached hydrogens (tertiary/aromatic N) is 1. The van der Waals surface area contributed by atoms with Crippen molar-refractivity contribution in [2.45, 2.75) is 61.4 Å². The van der Waals surface area contributed by atoms with Gasteiger partial charge in [0, 0.05) is 25.4 Å². The number of hydrogen-bond donors (Lipinski definition) is 2. The second kappa shape index (κ2) is 23.2. The van der Waals surface area contributed by atoms with Gasteiger partial charge in [-0.3, -0.25) is 9.59 Å². The predicted octanol–water partition coefficient (Wildman–Crippen LogP) is 4.63. The number of aryl methyl sites for hydroxylation is 1. The molecule has 1 atom stereocenters. The smallest absolute Gasteiger partial charge is 0.302 e. The molecule has 0 aromatic heterocycles. The number of nitrogens with two attached hydrogens (primary N) is 1. The van der Waals surface area contributed by atoms with Crippen LogP contribution < -0.4 is 11.1 Å². The minimum Gasteiger partial charge on any atom is -0.466 e. The highest BCUT2D eigenvalue weighted by atomic mass is 32.2. The van der Waals surface area contributed by atoms with Crippen LogP contribution in [0.3, 0.4) is 0 Å². The Labute approximate surface area is 187 Å². The lowest BCUT2D eigenvalue weighted by atomic mass is 10.1. The van der Waals surface area contributed by atoms with Crippen molar-refractivity contribution in [2.24, 2.45) is 11.7 Å². The van der Waals surface area contributed by atoms with Crippen LogP contribution in [0.25, 0.3) is 0 Å². The normalized spacial score (nSPS) is 9.90. The van der Waals surface area contributed by atoms with E-state index in [0.717, 1.165) is 12.3 Å². The summed E-state index contributed by atoms with van der Waals surface area (Å²) in [6, 6.07) is 10.5. The van der Waals surface area contributed by atoms with E-state index in [1.807, 2.05) is 40.7 Å². The lowest BCUT2D eigenvalue weighted by molar-refractivity contribution is -0.140. The Morgan fingerprint density at radius 2 is 1.67 bits per heavy atom. The fraction of sp³-hybridized carbons (Fsp3) is 0.609. The molecule has 7 heteroatoms.